The molecular formula is C14H18N2O2. The quantitative estimate of drug-likeness (QED) is 0.880. The van der Waals surface area contributed by atoms with E-state index < -0.39 is 0 Å². The highest BCUT2D eigenvalue weighted by atomic mass is 16.3. The molecule has 0 saturated heterocycles. The molecule has 0 radical (unpaired) electrons. The third-order valence-electron chi connectivity index (χ3n) is 2.90. The van der Waals surface area contributed by atoms with Crippen molar-refractivity contribution in [1.82, 2.24) is 4.98 Å². The van der Waals surface area contributed by atoms with Crippen LogP contribution in [0.2, 0.25) is 0 Å². The van der Waals surface area contributed by atoms with Crippen molar-refractivity contribution in [2.75, 3.05) is 11.4 Å². The molecule has 0 aliphatic rings. The molecule has 0 spiro atoms. The van der Waals surface area contributed by atoms with Gasteiger partial charge in [-0.2, -0.15) is 0 Å². The summed E-state index contributed by atoms with van der Waals surface area (Å²) in [6.45, 7) is 5.68. The van der Waals surface area contributed by atoms with Gasteiger partial charge in [-0.25, -0.2) is 4.98 Å². The molecule has 0 aliphatic carbocycles. The van der Waals surface area contributed by atoms with E-state index in [1.54, 1.807) is 12.5 Å². The van der Waals surface area contributed by atoms with Crippen LogP contribution in [0.1, 0.15) is 23.8 Å². The molecule has 0 fully saturated rings. The zero-order valence-corrected chi connectivity index (χ0v) is 10.8. The van der Waals surface area contributed by atoms with E-state index in [9.17, 15) is 0 Å². The van der Waals surface area contributed by atoms with Gasteiger partial charge in [-0.3, -0.25) is 0 Å². The van der Waals surface area contributed by atoms with Gasteiger partial charge in [0.1, 0.15) is 11.6 Å². The number of nitrogens with zero attached hydrogens (tertiary/aromatic N) is 2. The molecule has 0 bridgehead atoms. The third-order valence-corrected chi connectivity index (χ3v) is 2.90. The molecule has 0 unspecified atom stereocenters. The molecule has 0 aromatic carbocycles. The SMILES string of the molecule is CCN(Cc1ccco1)c1ncc(CO)cc1C. The summed E-state index contributed by atoms with van der Waals surface area (Å²) < 4.78 is 5.36. The van der Waals surface area contributed by atoms with Gasteiger partial charge in [-0.15, -0.1) is 0 Å². The summed E-state index contributed by atoms with van der Waals surface area (Å²) in [4.78, 5) is 6.57. The monoisotopic (exact) mass is 246 g/mol. The van der Waals surface area contributed by atoms with Gasteiger partial charge in [0.2, 0.25) is 0 Å². The first kappa shape index (κ1) is 12.6. The normalized spacial score (nSPS) is 10.6. The van der Waals surface area contributed by atoms with Gasteiger partial charge >= 0.3 is 0 Å². The summed E-state index contributed by atoms with van der Waals surface area (Å²) in [6.07, 6.45) is 3.39. The Labute approximate surface area is 107 Å². The minimum atomic E-state index is 0.0262. The van der Waals surface area contributed by atoms with Crippen LogP contribution in [0.25, 0.3) is 0 Å². The van der Waals surface area contributed by atoms with Crippen molar-refractivity contribution >= 4 is 5.82 Å². The maximum absolute atomic E-state index is 9.09. The zero-order valence-electron chi connectivity index (χ0n) is 10.8. The van der Waals surface area contributed by atoms with E-state index >= 15 is 0 Å². The van der Waals surface area contributed by atoms with Crippen LogP contribution in [0.15, 0.2) is 35.1 Å². The second-order valence-corrected chi connectivity index (χ2v) is 4.24. The Bertz CT molecular complexity index is 495. The Kier molecular flexibility index (Phi) is 3.99. The minimum absolute atomic E-state index is 0.0262. The van der Waals surface area contributed by atoms with E-state index in [-0.39, 0.29) is 6.61 Å². The highest BCUT2D eigenvalue weighted by molar-refractivity contribution is 5.47. The molecule has 96 valence electrons. The van der Waals surface area contributed by atoms with Crippen molar-refractivity contribution in [2.45, 2.75) is 27.0 Å². The van der Waals surface area contributed by atoms with Gasteiger partial charge in [0.05, 0.1) is 19.4 Å². The van der Waals surface area contributed by atoms with Crippen molar-refractivity contribution in [2.24, 2.45) is 0 Å². The number of hydrogen-bond acceptors (Lipinski definition) is 4. The van der Waals surface area contributed by atoms with Gasteiger partial charge in [0.15, 0.2) is 0 Å². The average Bonchev–Trinajstić information content (AvgIpc) is 2.89. The highest BCUT2D eigenvalue weighted by Crippen LogP contribution is 2.20. The molecular weight excluding hydrogens is 228 g/mol. The molecule has 0 amide bonds. The number of aliphatic hydroxyl groups is 1. The zero-order chi connectivity index (χ0) is 13.0. The fraction of sp³-hybridized carbons (Fsp3) is 0.357. The molecule has 4 nitrogen and oxygen atoms in total. The predicted octanol–water partition coefficient (Wildman–Crippen LogP) is 2.50. The van der Waals surface area contributed by atoms with E-state index in [4.69, 9.17) is 9.52 Å². The van der Waals surface area contributed by atoms with Crippen LogP contribution < -0.4 is 4.90 Å². The smallest absolute Gasteiger partial charge is 0.131 e. The Balaban J connectivity index is 2.22. The van der Waals surface area contributed by atoms with Crippen molar-refractivity contribution in [3.8, 4) is 0 Å². The van der Waals surface area contributed by atoms with Gasteiger partial charge < -0.3 is 14.4 Å². The molecule has 0 aliphatic heterocycles. The second-order valence-electron chi connectivity index (χ2n) is 4.24. The first-order valence-corrected chi connectivity index (χ1v) is 6.08. The molecule has 0 saturated carbocycles. The maximum Gasteiger partial charge on any atom is 0.131 e. The summed E-state index contributed by atoms with van der Waals surface area (Å²) >= 11 is 0. The van der Waals surface area contributed by atoms with Crippen molar-refractivity contribution in [1.29, 1.82) is 0 Å². The van der Waals surface area contributed by atoms with E-state index in [2.05, 4.69) is 16.8 Å². The van der Waals surface area contributed by atoms with Crippen LogP contribution in [0.5, 0.6) is 0 Å². The summed E-state index contributed by atoms with van der Waals surface area (Å²) in [6, 6.07) is 5.81. The summed E-state index contributed by atoms with van der Waals surface area (Å²) in [5.74, 6) is 1.86. The molecule has 1 N–H and O–H groups in total. The number of furan rings is 1. The van der Waals surface area contributed by atoms with Gasteiger partial charge in [-0.1, -0.05) is 0 Å². The number of pyridine rings is 1. The van der Waals surface area contributed by atoms with Crippen LogP contribution in [-0.4, -0.2) is 16.6 Å². The van der Waals surface area contributed by atoms with Gasteiger partial charge in [0.25, 0.3) is 0 Å². The van der Waals surface area contributed by atoms with E-state index in [0.29, 0.717) is 6.54 Å². The molecule has 0 atom stereocenters. The Morgan fingerprint density at radius 1 is 1.44 bits per heavy atom. The lowest BCUT2D eigenvalue weighted by molar-refractivity contribution is 0.281. The molecule has 2 aromatic heterocycles. The Hall–Kier alpha value is -1.81. The van der Waals surface area contributed by atoms with E-state index in [1.807, 2.05) is 25.1 Å². The average molecular weight is 246 g/mol. The number of rotatable bonds is 5. The van der Waals surface area contributed by atoms with E-state index in [0.717, 1.165) is 29.2 Å². The molecule has 4 heteroatoms. The number of hydrogen-bond donors (Lipinski definition) is 1. The second kappa shape index (κ2) is 5.69. The molecule has 18 heavy (non-hydrogen) atoms. The minimum Gasteiger partial charge on any atom is -0.467 e. The van der Waals surface area contributed by atoms with Crippen LogP contribution in [0, 0.1) is 6.92 Å². The van der Waals surface area contributed by atoms with Crippen molar-refractivity contribution < 1.29 is 9.52 Å². The van der Waals surface area contributed by atoms with Crippen molar-refractivity contribution in [3.05, 3.63) is 47.5 Å². The molecule has 2 aromatic rings. The van der Waals surface area contributed by atoms with E-state index in [1.165, 1.54) is 0 Å². The van der Waals surface area contributed by atoms with Crippen LogP contribution in [0.3, 0.4) is 0 Å². The van der Waals surface area contributed by atoms with Crippen LogP contribution >= 0.6 is 0 Å². The number of aryl methyl sites for hydroxylation is 1. The Morgan fingerprint density at radius 3 is 2.83 bits per heavy atom. The first-order chi connectivity index (χ1) is 8.74. The largest absolute Gasteiger partial charge is 0.467 e. The predicted molar refractivity (Wildman–Crippen MR) is 70.3 cm³/mol. The fourth-order valence-corrected chi connectivity index (χ4v) is 1.97. The standard InChI is InChI=1S/C14H18N2O2/c1-3-16(9-13-5-4-6-18-13)14-11(2)7-12(10-17)8-15-14/h4-8,17H,3,9-10H2,1-2H3. The third kappa shape index (κ3) is 2.71. The fourth-order valence-electron chi connectivity index (χ4n) is 1.97. The number of anilines is 1. The lowest BCUT2D eigenvalue weighted by Crippen LogP contribution is -2.23. The maximum atomic E-state index is 9.09. The summed E-state index contributed by atoms with van der Waals surface area (Å²) in [5.41, 5.74) is 1.90. The van der Waals surface area contributed by atoms with Crippen LogP contribution in [0.4, 0.5) is 5.82 Å². The molecule has 2 heterocycles. The number of aliphatic hydroxyl groups excluding tert-OH is 1. The lowest BCUT2D eigenvalue weighted by Gasteiger charge is -2.22. The van der Waals surface area contributed by atoms with Gasteiger partial charge in [-0.05, 0) is 43.2 Å². The molecule has 2 rings (SSSR count). The topological polar surface area (TPSA) is 49.5 Å². The number of aromatic nitrogens is 1. The summed E-state index contributed by atoms with van der Waals surface area (Å²) in [5, 5.41) is 9.09. The first-order valence-electron chi connectivity index (χ1n) is 6.08. The van der Waals surface area contributed by atoms with Crippen LogP contribution in [-0.2, 0) is 13.2 Å². The highest BCUT2D eigenvalue weighted by Gasteiger charge is 2.11. The lowest BCUT2D eigenvalue weighted by atomic mass is 10.2. The summed E-state index contributed by atoms with van der Waals surface area (Å²) in [7, 11) is 0. The van der Waals surface area contributed by atoms with Crippen molar-refractivity contribution in [3.63, 3.8) is 0 Å². The Morgan fingerprint density at radius 2 is 2.28 bits per heavy atom. The van der Waals surface area contributed by atoms with Gasteiger partial charge in [0, 0.05) is 12.7 Å².